The summed E-state index contributed by atoms with van der Waals surface area (Å²) in [6, 6.07) is 21.0. The number of amides is 1. The van der Waals surface area contributed by atoms with Crippen LogP contribution in [0.3, 0.4) is 0 Å². The number of para-hydroxylation sites is 2. The van der Waals surface area contributed by atoms with Crippen molar-refractivity contribution in [1.29, 1.82) is 0 Å². The number of alkyl halides is 2. The summed E-state index contributed by atoms with van der Waals surface area (Å²) in [5.74, 6) is -0.690. The molecule has 0 radical (unpaired) electrons. The number of hydrogen-bond donors (Lipinski definition) is 1. The second-order valence-electron chi connectivity index (χ2n) is 5.89. The SMILES string of the molecule is O=C(Nc1ccc(-c2nc3ccccc3s2)cc1)c1ccccc1OC(F)F. The van der Waals surface area contributed by atoms with Crippen LogP contribution >= 0.6 is 11.3 Å². The molecular formula is C21H14F2N2O2S. The normalized spacial score (nSPS) is 11.0. The number of benzene rings is 3. The third-order valence-electron chi connectivity index (χ3n) is 4.03. The maximum absolute atomic E-state index is 12.5. The van der Waals surface area contributed by atoms with E-state index in [1.165, 1.54) is 18.2 Å². The Morgan fingerprint density at radius 1 is 0.964 bits per heavy atom. The molecule has 0 fully saturated rings. The fourth-order valence-electron chi connectivity index (χ4n) is 2.74. The number of nitrogens with zero attached hydrogens (tertiary/aromatic N) is 1. The van der Waals surface area contributed by atoms with Gasteiger partial charge in [0.05, 0.1) is 15.8 Å². The van der Waals surface area contributed by atoms with Gasteiger partial charge in [0.1, 0.15) is 10.8 Å². The summed E-state index contributed by atoms with van der Waals surface area (Å²) in [6.45, 7) is -3.00. The number of ether oxygens (including phenoxy) is 1. The Labute approximate surface area is 163 Å². The van der Waals surface area contributed by atoms with Crippen LogP contribution in [0, 0.1) is 0 Å². The Balaban J connectivity index is 1.53. The Bertz CT molecular complexity index is 1090. The Kier molecular flexibility index (Phi) is 4.99. The van der Waals surface area contributed by atoms with E-state index < -0.39 is 12.5 Å². The minimum Gasteiger partial charge on any atom is -0.434 e. The molecule has 28 heavy (non-hydrogen) atoms. The third kappa shape index (κ3) is 3.84. The Morgan fingerprint density at radius 3 is 2.43 bits per heavy atom. The Morgan fingerprint density at radius 2 is 1.68 bits per heavy atom. The fraction of sp³-hybridized carbons (Fsp3) is 0.0476. The highest BCUT2D eigenvalue weighted by atomic mass is 32.1. The van der Waals surface area contributed by atoms with Crippen LogP contribution in [0.25, 0.3) is 20.8 Å². The monoisotopic (exact) mass is 396 g/mol. The quantitative estimate of drug-likeness (QED) is 0.463. The van der Waals surface area contributed by atoms with Gasteiger partial charge >= 0.3 is 6.61 Å². The lowest BCUT2D eigenvalue weighted by Crippen LogP contribution is -2.14. The number of carbonyl (C=O) groups is 1. The predicted octanol–water partition coefficient (Wildman–Crippen LogP) is 5.82. The summed E-state index contributed by atoms with van der Waals surface area (Å²) in [6.07, 6.45) is 0. The van der Waals surface area contributed by atoms with Gasteiger partial charge in [0.15, 0.2) is 0 Å². The molecule has 0 unspecified atom stereocenters. The number of hydrogen-bond acceptors (Lipinski definition) is 4. The van der Waals surface area contributed by atoms with Crippen LogP contribution in [0.2, 0.25) is 0 Å². The zero-order chi connectivity index (χ0) is 19.5. The molecule has 4 rings (SSSR count). The molecule has 3 aromatic carbocycles. The second kappa shape index (κ2) is 7.74. The number of thiazole rings is 1. The zero-order valence-corrected chi connectivity index (χ0v) is 15.2. The first-order valence-electron chi connectivity index (χ1n) is 8.41. The molecule has 0 aliphatic rings. The molecule has 1 N–H and O–H groups in total. The number of nitrogens with one attached hydrogen (secondary N) is 1. The van der Waals surface area contributed by atoms with Crippen molar-refractivity contribution in [2.24, 2.45) is 0 Å². The third-order valence-corrected chi connectivity index (χ3v) is 5.12. The van der Waals surface area contributed by atoms with Gasteiger partial charge < -0.3 is 10.1 Å². The predicted molar refractivity (Wildman–Crippen MR) is 106 cm³/mol. The van der Waals surface area contributed by atoms with Gasteiger partial charge in [-0.2, -0.15) is 8.78 Å². The van der Waals surface area contributed by atoms with Gasteiger partial charge in [-0.15, -0.1) is 11.3 Å². The maximum Gasteiger partial charge on any atom is 0.387 e. The van der Waals surface area contributed by atoms with Crippen molar-refractivity contribution in [2.75, 3.05) is 5.32 Å². The molecule has 1 aromatic heterocycles. The highest BCUT2D eigenvalue weighted by Gasteiger charge is 2.15. The van der Waals surface area contributed by atoms with Gasteiger partial charge in [-0.3, -0.25) is 4.79 Å². The van der Waals surface area contributed by atoms with Gasteiger partial charge in [-0.25, -0.2) is 4.98 Å². The van der Waals surface area contributed by atoms with E-state index in [0.717, 1.165) is 20.8 Å². The van der Waals surface area contributed by atoms with Crippen molar-refractivity contribution in [2.45, 2.75) is 6.61 Å². The van der Waals surface area contributed by atoms with Crippen LogP contribution in [0.4, 0.5) is 14.5 Å². The molecule has 1 amide bonds. The topological polar surface area (TPSA) is 51.2 Å². The molecule has 0 aliphatic heterocycles. The first-order valence-corrected chi connectivity index (χ1v) is 9.23. The van der Waals surface area contributed by atoms with Crippen LogP contribution in [-0.4, -0.2) is 17.5 Å². The van der Waals surface area contributed by atoms with E-state index in [1.54, 1.807) is 29.5 Å². The molecule has 0 saturated heterocycles. The summed E-state index contributed by atoms with van der Waals surface area (Å²) >= 11 is 1.59. The number of halogens is 2. The number of rotatable bonds is 5. The molecular weight excluding hydrogens is 382 g/mol. The highest BCUT2D eigenvalue weighted by Crippen LogP contribution is 2.30. The summed E-state index contributed by atoms with van der Waals surface area (Å²) < 4.78 is 30.5. The van der Waals surface area contributed by atoms with Gasteiger partial charge in [-0.05, 0) is 48.5 Å². The Hall–Kier alpha value is -3.32. The van der Waals surface area contributed by atoms with Crippen molar-refractivity contribution in [3.63, 3.8) is 0 Å². The lowest BCUT2D eigenvalue weighted by molar-refractivity contribution is -0.0501. The van der Waals surface area contributed by atoms with Crippen LogP contribution in [0.1, 0.15) is 10.4 Å². The standard InChI is InChI=1S/C21H14F2N2O2S/c22-21(23)27-17-7-3-1-5-15(17)19(26)24-14-11-9-13(10-12-14)20-25-16-6-2-4-8-18(16)28-20/h1-12,21H,(H,24,26). The molecule has 0 atom stereocenters. The first kappa shape index (κ1) is 18.1. The molecule has 140 valence electrons. The van der Waals surface area contributed by atoms with Crippen LogP contribution < -0.4 is 10.1 Å². The molecule has 0 bridgehead atoms. The van der Waals surface area contributed by atoms with Gasteiger partial charge in [0.25, 0.3) is 5.91 Å². The smallest absolute Gasteiger partial charge is 0.387 e. The van der Waals surface area contributed by atoms with Crippen molar-refractivity contribution in [3.05, 3.63) is 78.4 Å². The molecule has 4 nitrogen and oxygen atoms in total. The molecule has 4 aromatic rings. The molecule has 0 saturated carbocycles. The van der Waals surface area contributed by atoms with Crippen molar-refractivity contribution < 1.29 is 18.3 Å². The summed E-state index contributed by atoms with van der Waals surface area (Å²) in [5.41, 5.74) is 2.45. The van der Waals surface area contributed by atoms with Gasteiger partial charge in [-0.1, -0.05) is 24.3 Å². The van der Waals surface area contributed by atoms with E-state index in [-0.39, 0.29) is 11.3 Å². The van der Waals surface area contributed by atoms with Gasteiger partial charge in [0.2, 0.25) is 0 Å². The molecule has 0 spiro atoms. The minimum absolute atomic E-state index is 0.0399. The summed E-state index contributed by atoms with van der Waals surface area (Å²) in [5, 5.41) is 3.58. The number of fused-ring (bicyclic) bond motifs is 1. The highest BCUT2D eigenvalue weighted by molar-refractivity contribution is 7.21. The molecule has 0 aliphatic carbocycles. The van der Waals surface area contributed by atoms with Crippen LogP contribution in [0.5, 0.6) is 5.75 Å². The average molecular weight is 396 g/mol. The number of anilines is 1. The number of aromatic nitrogens is 1. The summed E-state index contributed by atoms with van der Waals surface area (Å²) in [4.78, 5) is 17.0. The zero-order valence-electron chi connectivity index (χ0n) is 14.4. The van der Waals surface area contributed by atoms with Crippen LogP contribution in [0.15, 0.2) is 72.8 Å². The van der Waals surface area contributed by atoms with E-state index >= 15 is 0 Å². The average Bonchev–Trinajstić information content (AvgIpc) is 3.12. The van der Waals surface area contributed by atoms with Crippen LogP contribution in [-0.2, 0) is 0 Å². The summed E-state index contributed by atoms with van der Waals surface area (Å²) in [7, 11) is 0. The minimum atomic E-state index is -3.00. The van der Waals surface area contributed by atoms with E-state index in [2.05, 4.69) is 15.0 Å². The van der Waals surface area contributed by atoms with E-state index in [0.29, 0.717) is 5.69 Å². The van der Waals surface area contributed by atoms with E-state index in [1.807, 2.05) is 36.4 Å². The molecule has 1 heterocycles. The van der Waals surface area contributed by atoms with Crippen molar-refractivity contribution in [3.8, 4) is 16.3 Å². The van der Waals surface area contributed by atoms with Gasteiger partial charge in [0, 0.05) is 11.3 Å². The second-order valence-corrected chi connectivity index (χ2v) is 6.92. The lowest BCUT2D eigenvalue weighted by Gasteiger charge is -2.11. The van der Waals surface area contributed by atoms with E-state index in [9.17, 15) is 13.6 Å². The lowest BCUT2D eigenvalue weighted by atomic mass is 10.1. The number of carbonyl (C=O) groups excluding carboxylic acids is 1. The first-order chi connectivity index (χ1) is 13.6. The fourth-order valence-corrected chi connectivity index (χ4v) is 3.71. The van der Waals surface area contributed by atoms with Crippen molar-refractivity contribution >= 4 is 33.1 Å². The molecule has 7 heteroatoms. The van der Waals surface area contributed by atoms with Crippen molar-refractivity contribution in [1.82, 2.24) is 4.98 Å². The largest absolute Gasteiger partial charge is 0.434 e. The maximum atomic E-state index is 12.5. The van der Waals surface area contributed by atoms with E-state index in [4.69, 9.17) is 0 Å².